The van der Waals surface area contributed by atoms with Crippen LogP contribution in [-0.2, 0) is 0 Å². The lowest BCUT2D eigenvalue weighted by Crippen LogP contribution is -1.94. The largest absolute Gasteiger partial charge is 0.454 e. The van der Waals surface area contributed by atoms with E-state index in [9.17, 15) is 14.5 Å². The van der Waals surface area contributed by atoms with Crippen LogP contribution in [0.3, 0.4) is 0 Å². The Morgan fingerprint density at radius 1 is 1.35 bits per heavy atom. The van der Waals surface area contributed by atoms with Gasteiger partial charge in [-0.05, 0) is 24.3 Å². The molecule has 0 N–H and O–H groups in total. The number of nitrogens with zero attached hydrogens (tertiary/aromatic N) is 2. The van der Waals surface area contributed by atoms with Gasteiger partial charge in [-0.15, -0.1) is 0 Å². The molecule has 0 amide bonds. The standard InChI is InChI=1S/C13H6ClFN2O3/c14-10-2-1-3-12(13(10)15)20-9-5-4-8(7-16)11(6-9)17(18)19/h1-6H. The Bertz CT molecular complexity index is 728. The van der Waals surface area contributed by atoms with Gasteiger partial charge in [-0.1, -0.05) is 17.7 Å². The number of rotatable bonds is 3. The van der Waals surface area contributed by atoms with Gasteiger partial charge in [-0.3, -0.25) is 10.1 Å². The third kappa shape index (κ3) is 2.68. The normalized spacial score (nSPS) is 9.85. The zero-order valence-corrected chi connectivity index (χ0v) is 10.6. The van der Waals surface area contributed by atoms with Gasteiger partial charge >= 0.3 is 0 Å². The fraction of sp³-hybridized carbons (Fsp3) is 0. The van der Waals surface area contributed by atoms with Crippen LogP contribution in [-0.4, -0.2) is 4.92 Å². The first kappa shape index (κ1) is 13.8. The molecule has 20 heavy (non-hydrogen) atoms. The van der Waals surface area contributed by atoms with Crippen LogP contribution >= 0.6 is 11.6 Å². The molecule has 0 bridgehead atoms. The maximum atomic E-state index is 13.6. The van der Waals surface area contributed by atoms with Gasteiger partial charge in [0.05, 0.1) is 16.0 Å². The molecular formula is C13H6ClFN2O3. The molecule has 0 unspecified atom stereocenters. The van der Waals surface area contributed by atoms with Gasteiger partial charge in [0, 0.05) is 0 Å². The molecule has 0 atom stereocenters. The first-order chi connectivity index (χ1) is 9.52. The van der Waals surface area contributed by atoms with Crippen molar-refractivity contribution in [1.82, 2.24) is 0 Å². The van der Waals surface area contributed by atoms with Crippen molar-refractivity contribution in [1.29, 1.82) is 5.26 Å². The molecule has 0 radical (unpaired) electrons. The summed E-state index contributed by atoms with van der Waals surface area (Å²) in [4.78, 5) is 10.1. The Morgan fingerprint density at radius 3 is 2.75 bits per heavy atom. The number of nitriles is 1. The molecule has 0 fully saturated rings. The molecule has 0 aromatic heterocycles. The molecule has 2 aromatic rings. The molecule has 0 heterocycles. The summed E-state index contributed by atoms with van der Waals surface area (Å²) in [6.45, 7) is 0. The number of ether oxygens (including phenoxy) is 1. The van der Waals surface area contributed by atoms with Gasteiger partial charge in [-0.25, -0.2) is 4.39 Å². The smallest absolute Gasteiger partial charge is 0.290 e. The zero-order chi connectivity index (χ0) is 14.7. The Morgan fingerprint density at radius 2 is 2.10 bits per heavy atom. The third-order valence-corrected chi connectivity index (χ3v) is 2.72. The Balaban J connectivity index is 2.40. The van der Waals surface area contributed by atoms with Crippen molar-refractivity contribution < 1.29 is 14.1 Å². The molecule has 0 saturated carbocycles. The van der Waals surface area contributed by atoms with Crippen LogP contribution in [0.2, 0.25) is 5.02 Å². The lowest BCUT2D eigenvalue weighted by atomic mass is 10.2. The molecule has 0 saturated heterocycles. The fourth-order valence-electron chi connectivity index (χ4n) is 1.51. The van der Waals surface area contributed by atoms with E-state index in [1.807, 2.05) is 0 Å². The molecule has 7 heteroatoms. The van der Waals surface area contributed by atoms with E-state index in [0.29, 0.717) is 0 Å². The minimum atomic E-state index is -0.763. The number of halogens is 2. The number of hydrogen-bond acceptors (Lipinski definition) is 4. The van der Waals surface area contributed by atoms with Gasteiger partial charge in [0.15, 0.2) is 11.6 Å². The van der Waals surface area contributed by atoms with Crippen LogP contribution in [0, 0.1) is 27.3 Å². The highest BCUT2D eigenvalue weighted by molar-refractivity contribution is 6.30. The molecule has 100 valence electrons. The van der Waals surface area contributed by atoms with Crippen molar-refractivity contribution in [2.24, 2.45) is 0 Å². The number of benzene rings is 2. The second-order valence-corrected chi connectivity index (χ2v) is 4.11. The van der Waals surface area contributed by atoms with E-state index in [0.717, 1.165) is 6.07 Å². The van der Waals surface area contributed by atoms with Gasteiger partial charge < -0.3 is 4.74 Å². The number of hydrogen-bond donors (Lipinski definition) is 0. The molecular weight excluding hydrogens is 287 g/mol. The maximum absolute atomic E-state index is 13.6. The summed E-state index contributed by atoms with van der Waals surface area (Å²) in [5, 5.41) is 19.4. The summed E-state index contributed by atoms with van der Waals surface area (Å²) in [5.41, 5.74) is -0.513. The fourth-order valence-corrected chi connectivity index (χ4v) is 1.68. The first-order valence-corrected chi connectivity index (χ1v) is 5.71. The van der Waals surface area contributed by atoms with E-state index in [-0.39, 0.29) is 22.1 Å². The lowest BCUT2D eigenvalue weighted by molar-refractivity contribution is -0.385. The summed E-state index contributed by atoms with van der Waals surface area (Å²) >= 11 is 5.60. The van der Waals surface area contributed by atoms with E-state index in [1.54, 1.807) is 6.07 Å². The van der Waals surface area contributed by atoms with E-state index < -0.39 is 16.4 Å². The van der Waals surface area contributed by atoms with E-state index in [1.165, 1.54) is 30.3 Å². The molecule has 0 aliphatic carbocycles. The first-order valence-electron chi connectivity index (χ1n) is 5.33. The Kier molecular flexibility index (Phi) is 3.82. The predicted molar refractivity (Wildman–Crippen MR) is 69.3 cm³/mol. The topological polar surface area (TPSA) is 76.2 Å². The highest BCUT2D eigenvalue weighted by atomic mass is 35.5. The predicted octanol–water partition coefficient (Wildman–Crippen LogP) is 4.05. The molecule has 2 rings (SSSR count). The van der Waals surface area contributed by atoms with Crippen LogP contribution in [0.15, 0.2) is 36.4 Å². The molecule has 5 nitrogen and oxygen atoms in total. The van der Waals surface area contributed by atoms with Gasteiger partial charge in [0.25, 0.3) is 5.69 Å². The highest BCUT2D eigenvalue weighted by Crippen LogP contribution is 2.31. The molecule has 0 aliphatic rings. The highest BCUT2D eigenvalue weighted by Gasteiger charge is 2.16. The average Bonchev–Trinajstić information content (AvgIpc) is 2.43. The number of nitro groups is 1. The van der Waals surface area contributed by atoms with Gasteiger partial charge in [0.2, 0.25) is 0 Å². The van der Waals surface area contributed by atoms with Gasteiger partial charge in [0.1, 0.15) is 17.4 Å². The van der Waals surface area contributed by atoms with Crippen molar-refractivity contribution in [3.8, 4) is 17.6 Å². The molecule has 0 aliphatic heterocycles. The van der Waals surface area contributed by atoms with Crippen molar-refractivity contribution in [3.63, 3.8) is 0 Å². The summed E-state index contributed by atoms with van der Waals surface area (Å²) in [6.07, 6.45) is 0. The van der Waals surface area contributed by atoms with Crippen molar-refractivity contribution in [2.75, 3.05) is 0 Å². The summed E-state index contributed by atoms with van der Waals surface area (Å²) < 4.78 is 18.9. The SMILES string of the molecule is N#Cc1ccc(Oc2cccc(Cl)c2F)cc1[N+](=O)[O-]. The third-order valence-electron chi connectivity index (χ3n) is 2.43. The second kappa shape index (κ2) is 5.55. The average molecular weight is 293 g/mol. The monoisotopic (exact) mass is 292 g/mol. The van der Waals surface area contributed by atoms with Crippen LogP contribution in [0.1, 0.15) is 5.56 Å². The minimum Gasteiger partial charge on any atom is -0.454 e. The van der Waals surface area contributed by atoms with E-state index in [4.69, 9.17) is 21.6 Å². The second-order valence-electron chi connectivity index (χ2n) is 3.70. The van der Waals surface area contributed by atoms with Crippen LogP contribution < -0.4 is 4.74 Å². The minimum absolute atomic E-state index is 0.0388. The Labute approximate surface area is 117 Å². The van der Waals surface area contributed by atoms with E-state index in [2.05, 4.69) is 0 Å². The number of nitro benzene ring substituents is 1. The quantitative estimate of drug-likeness (QED) is 0.631. The van der Waals surface area contributed by atoms with Crippen LogP contribution in [0.5, 0.6) is 11.5 Å². The van der Waals surface area contributed by atoms with Crippen LogP contribution in [0.4, 0.5) is 10.1 Å². The summed E-state index contributed by atoms with van der Waals surface area (Å²) in [6, 6.07) is 9.50. The van der Waals surface area contributed by atoms with Crippen molar-refractivity contribution in [2.45, 2.75) is 0 Å². The summed E-state index contributed by atoms with van der Waals surface area (Å²) in [7, 11) is 0. The zero-order valence-electron chi connectivity index (χ0n) is 9.84. The molecule has 2 aromatic carbocycles. The maximum Gasteiger partial charge on any atom is 0.290 e. The van der Waals surface area contributed by atoms with E-state index >= 15 is 0 Å². The van der Waals surface area contributed by atoms with Crippen LogP contribution in [0.25, 0.3) is 0 Å². The van der Waals surface area contributed by atoms with Crippen molar-refractivity contribution >= 4 is 17.3 Å². The van der Waals surface area contributed by atoms with Crippen molar-refractivity contribution in [3.05, 3.63) is 62.9 Å². The molecule has 0 spiro atoms. The Hall–Kier alpha value is -2.65. The summed E-state index contributed by atoms with van der Waals surface area (Å²) in [5.74, 6) is -0.880. The lowest BCUT2D eigenvalue weighted by Gasteiger charge is -2.07. The van der Waals surface area contributed by atoms with Gasteiger partial charge in [-0.2, -0.15) is 5.26 Å².